The maximum absolute atomic E-state index is 11.8. The highest BCUT2D eigenvalue weighted by molar-refractivity contribution is 8.04. The SMILES string of the molecule is CN(C=O)/C=C1\Sc2ccccc2C1=O. The standard InChI is InChI=1S/C11H9NO2S/c1-12(7-13)6-10-11(14)8-4-2-3-5-9(8)15-10/h2-7H,1H3/b10-6-. The van der Waals surface area contributed by atoms with Gasteiger partial charge < -0.3 is 4.90 Å². The molecule has 76 valence electrons. The van der Waals surface area contributed by atoms with Gasteiger partial charge in [-0.15, -0.1) is 0 Å². The molecule has 0 atom stereocenters. The highest BCUT2D eigenvalue weighted by Gasteiger charge is 2.25. The van der Waals surface area contributed by atoms with Crippen LogP contribution in [0.4, 0.5) is 0 Å². The predicted octanol–water partition coefficient (Wildman–Crippen LogP) is 1.90. The number of rotatable bonds is 2. The monoisotopic (exact) mass is 219 g/mol. The third-order valence-electron chi connectivity index (χ3n) is 2.06. The minimum absolute atomic E-state index is 0.00991. The van der Waals surface area contributed by atoms with E-state index < -0.39 is 0 Å². The van der Waals surface area contributed by atoms with Gasteiger partial charge in [-0.2, -0.15) is 0 Å². The molecule has 15 heavy (non-hydrogen) atoms. The first-order valence-corrected chi connectivity index (χ1v) is 5.24. The predicted molar refractivity (Wildman–Crippen MR) is 58.5 cm³/mol. The van der Waals surface area contributed by atoms with E-state index in [0.29, 0.717) is 16.9 Å². The van der Waals surface area contributed by atoms with Gasteiger partial charge >= 0.3 is 0 Å². The second-order valence-electron chi connectivity index (χ2n) is 3.19. The van der Waals surface area contributed by atoms with Crippen LogP contribution in [0.2, 0.25) is 0 Å². The summed E-state index contributed by atoms with van der Waals surface area (Å²) < 4.78 is 0. The lowest BCUT2D eigenvalue weighted by Crippen LogP contribution is -2.08. The number of benzene rings is 1. The van der Waals surface area contributed by atoms with Crippen molar-refractivity contribution in [1.82, 2.24) is 4.90 Å². The zero-order valence-electron chi connectivity index (χ0n) is 8.14. The van der Waals surface area contributed by atoms with Crippen LogP contribution < -0.4 is 0 Å². The Hall–Kier alpha value is -1.55. The first-order valence-electron chi connectivity index (χ1n) is 4.43. The lowest BCUT2D eigenvalue weighted by Gasteiger charge is -2.02. The summed E-state index contributed by atoms with van der Waals surface area (Å²) in [6, 6.07) is 7.43. The largest absolute Gasteiger partial charge is 0.323 e. The fourth-order valence-corrected chi connectivity index (χ4v) is 2.42. The van der Waals surface area contributed by atoms with Crippen molar-refractivity contribution in [2.75, 3.05) is 7.05 Å². The topological polar surface area (TPSA) is 37.4 Å². The van der Waals surface area contributed by atoms with Gasteiger partial charge in [-0.25, -0.2) is 0 Å². The third kappa shape index (κ3) is 1.80. The molecule has 0 saturated carbocycles. The maximum atomic E-state index is 11.8. The summed E-state index contributed by atoms with van der Waals surface area (Å²) in [5.41, 5.74) is 0.716. The molecule has 0 N–H and O–H groups in total. The summed E-state index contributed by atoms with van der Waals surface area (Å²) in [6.07, 6.45) is 2.23. The molecule has 2 rings (SSSR count). The summed E-state index contributed by atoms with van der Waals surface area (Å²) in [7, 11) is 1.61. The van der Waals surface area contributed by atoms with E-state index >= 15 is 0 Å². The van der Waals surface area contributed by atoms with E-state index in [0.717, 1.165) is 4.90 Å². The number of hydrogen-bond donors (Lipinski definition) is 0. The lowest BCUT2D eigenvalue weighted by molar-refractivity contribution is -0.114. The minimum Gasteiger partial charge on any atom is -0.323 e. The third-order valence-corrected chi connectivity index (χ3v) is 3.15. The molecular weight excluding hydrogens is 210 g/mol. The molecule has 1 aliphatic rings. The number of carbonyl (C=O) groups excluding carboxylic acids is 2. The van der Waals surface area contributed by atoms with Gasteiger partial charge in [-0.1, -0.05) is 23.9 Å². The zero-order chi connectivity index (χ0) is 10.8. The Morgan fingerprint density at radius 1 is 1.33 bits per heavy atom. The van der Waals surface area contributed by atoms with Crippen LogP contribution in [-0.2, 0) is 4.79 Å². The van der Waals surface area contributed by atoms with Crippen LogP contribution in [0.1, 0.15) is 10.4 Å². The Morgan fingerprint density at radius 3 is 2.73 bits per heavy atom. The molecule has 0 aliphatic carbocycles. The summed E-state index contributed by atoms with van der Waals surface area (Å²) in [5, 5.41) is 0. The summed E-state index contributed by atoms with van der Waals surface area (Å²) in [6.45, 7) is 0. The molecule has 0 bridgehead atoms. The van der Waals surface area contributed by atoms with E-state index in [1.165, 1.54) is 16.7 Å². The van der Waals surface area contributed by atoms with Gasteiger partial charge in [0.05, 0.1) is 4.91 Å². The minimum atomic E-state index is -0.00991. The van der Waals surface area contributed by atoms with Crippen molar-refractivity contribution in [2.24, 2.45) is 0 Å². The second-order valence-corrected chi connectivity index (χ2v) is 4.28. The molecule has 1 aromatic rings. The molecule has 1 aromatic carbocycles. The molecule has 0 spiro atoms. The van der Waals surface area contributed by atoms with Gasteiger partial charge in [0.25, 0.3) is 0 Å². The molecule has 3 nitrogen and oxygen atoms in total. The number of carbonyl (C=O) groups is 2. The lowest BCUT2D eigenvalue weighted by atomic mass is 10.1. The number of amides is 1. The Balaban J connectivity index is 2.35. The fraction of sp³-hybridized carbons (Fsp3) is 0.0909. The molecule has 4 heteroatoms. The molecule has 0 aromatic heterocycles. The Bertz CT molecular complexity index is 454. The van der Waals surface area contributed by atoms with Crippen LogP contribution in [0.3, 0.4) is 0 Å². The van der Waals surface area contributed by atoms with E-state index in [-0.39, 0.29) is 5.78 Å². The Morgan fingerprint density at radius 2 is 2.07 bits per heavy atom. The second kappa shape index (κ2) is 3.90. The highest BCUT2D eigenvalue weighted by atomic mass is 32.2. The van der Waals surface area contributed by atoms with E-state index in [9.17, 15) is 9.59 Å². The average molecular weight is 219 g/mol. The van der Waals surface area contributed by atoms with Crippen molar-refractivity contribution in [2.45, 2.75) is 4.90 Å². The summed E-state index contributed by atoms with van der Waals surface area (Å²) in [5.74, 6) is -0.00991. The highest BCUT2D eigenvalue weighted by Crippen LogP contribution is 2.39. The quantitative estimate of drug-likeness (QED) is 0.563. The molecule has 0 unspecified atom stereocenters. The molecule has 1 aliphatic heterocycles. The molecule has 0 fully saturated rings. The van der Waals surface area contributed by atoms with E-state index in [1.807, 2.05) is 18.2 Å². The molecule has 0 saturated heterocycles. The summed E-state index contributed by atoms with van der Waals surface area (Å²) >= 11 is 1.40. The van der Waals surface area contributed by atoms with Gasteiger partial charge in [0.15, 0.2) is 0 Å². The first kappa shape index (κ1) is 9.98. The van der Waals surface area contributed by atoms with Gasteiger partial charge in [-0.05, 0) is 12.1 Å². The number of thioether (sulfide) groups is 1. The number of nitrogens with zero attached hydrogens (tertiary/aromatic N) is 1. The number of Topliss-reactive ketones (excluding diaryl/α,β-unsaturated/α-hetero) is 1. The van der Waals surface area contributed by atoms with Crippen molar-refractivity contribution >= 4 is 24.0 Å². The Labute approximate surface area is 91.8 Å². The average Bonchev–Trinajstić information content (AvgIpc) is 2.57. The van der Waals surface area contributed by atoms with Crippen molar-refractivity contribution in [3.8, 4) is 0 Å². The van der Waals surface area contributed by atoms with E-state index in [2.05, 4.69) is 0 Å². The first-order chi connectivity index (χ1) is 7.22. The number of hydrogen-bond acceptors (Lipinski definition) is 3. The zero-order valence-corrected chi connectivity index (χ0v) is 8.95. The van der Waals surface area contributed by atoms with Gasteiger partial charge in [-0.3, -0.25) is 9.59 Å². The number of fused-ring (bicyclic) bond motifs is 1. The van der Waals surface area contributed by atoms with Crippen LogP contribution in [0.5, 0.6) is 0 Å². The van der Waals surface area contributed by atoms with Gasteiger partial charge in [0.1, 0.15) is 0 Å². The summed E-state index contributed by atoms with van der Waals surface area (Å²) in [4.78, 5) is 25.1. The number of ketones is 1. The normalized spacial score (nSPS) is 16.6. The smallest absolute Gasteiger partial charge is 0.213 e. The molecular formula is C11H9NO2S. The molecule has 0 radical (unpaired) electrons. The molecule has 1 heterocycles. The van der Waals surface area contributed by atoms with Crippen LogP contribution >= 0.6 is 11.8 Å². The van der Waals surface area contributed by atoms with Gasteiger partial charge in [0.2, 0.25) is 12.2 Å². The van der Waals surface area contributed by atoms with E-state index in [1.54, 1.807) is 19.3 Å². The van der Waals surface area contributed by atoms with Crippen molar-refractivity contribution in [3.05, 3.63) is 40.9 Å². The van der Waals surface area contributed by atoms with Crippen molar-refractivity contribution < 1.29 is 9.59 Å². The van der Waals surface area contributed by atoms with Crippen LogP contribution in [-0.4, -0.2) is 24.1 Å². The Kier molecular flexibility index (Phi) is 2.60. The number of allylic oxidation sites excluding steroid dienone is 1. The van der Waals surface area contributed by atoms with Crippen LogP contribution in [0.15, 0.2) is 40.3 Å². The van der Waals surface area contributed by atoms with Gasteiger partial charge in [0, 0.05) is 23.7 Å². The van der Waals surface area contributed by atoms with Crippen LogP contribution in [0, 0.1) is 0 Å². The fourth-order valence-electron chi connectivity index (χ4n) is 1.34. The molecule has 1 amide bonds. The van der Waals surface area contributed by atoms with Crippen molar-refractivity contribution in [3.63, 3.8) is 0 Å². The van der Waals surface area contributed by atoms with Crippen LogP contribution in [0.25, 0.3) is 0 Å². The maximum Gasteiger partial charge on any atom is 0.213 e. The van der Waals surface area contributed by atoms with E-state index in [4.69, 9.17) is 0 Å². The van der Waals surface area contributed by atoms with Crippen molar-refractivity contribution in [1.29, 1.82) is 0 Å².